The van der Waals surface area contributed by atoms with Gasteiger partial charge in [0.2, 0.25) is 0 Å². The highest BCUT2D eigenvalue weighted by atomic mass is 31.2. The van der Waals surface area contributed by atoms with Crippen LogP contribution in [0.4, 0.5) is 0 Å². The Bertz CT molecular complexity index is 853. The molecule has 0 fully saturated rings. The van der Waals surface area contributed by atoms with Gasteiger partial charge in [-0.05, 0) is 64.2 Å². The van der Waals surface area contributed by atoms with Gasteiger partial charge in [-0.3, -0.25) is 14.1 Å². The summed E-state index contributed by atoms with van der Waals surface area (Å²) in [6.07, 6.45) is 40.4. The molecule has 0 radical (unpaired) electrons. The summed E-state index contributed by atoms with van der Waals surface area (Å²) >= 11 is 0. The number of phosphoric ester groups is 1. The standard InChI is InChI=1S/C40H75O8P/c1-3-5-7-9-11-13-15-17-19-20-21-23-25-27-29-31-33-35-40(42)48-38(37-47-49(43,44)45)36-46-39(41)34-32-30-28-26-24-22-18-16-14-12-10-8-6-4-2/h13,15-16,18,38H,3-12,14,17,19-37H2,1-2H3,(H2,43,44,45)/b15-13+,18-16+/t38-/m1/s1. The highest BCUT2D eigenvalue weighted by Crippen LogP contribution is 2.36. The van der Waals surface area contributed by atoms with Crippen LogP contribution in [0.3, 0.4) is 0 Å². The average Bonchev–Trinajstić information content (AvgIpc) is 3.07. The Balaban J connectivity index is 3.93. The van der Waals surface area contributed by atoms with Gasteiger partial charge in [0.1, 0.15) is 6.61 Å². The number of carbonyl (C=O) groups is 2. The van der Waals surface area contributed by atoms with Crippen molar-refractivity contribution >= 4 is 19.8 Å². The first-order valence-electron chi connectivity index (χ1n) is 20.1. The fourth-order valence-electron chi connectivity index (χ4n) is 5.66. The Morgan fingerprint density at radius 2 is 0.857 bits per heavy atom. The maximum Gasteiger partial charge on any atom is 0.469 e. The number of phosphoric acid groups is 1. The van der Waals surface area contributed by atoms with Crippen molar-refractivity contribution in [3.8, 4) is 0 Å². The Hall–Kier alpha value is -1.47. The number of carbonyl (C=O) groups excluding carboxylic acids is 2. The molecular formula is C40H75O8P. The maximum atomic E-state index is 12.4. The molecule has 0 saturated heterocycles. The number of ether oxygens (including phenoxy) is 2. The van der Waals surface area contributed by atoms with E-state index in [1.165, 1.54) is 109 Å². The van der Waals surface area contributed by atoms with Crippen LogP contribution in [-0.4, -0.2) is 41.0 Å². The molecule has 0 unspecified atom stereocenters. The van der Waals surface area contributed by atoms with Crippen molar-refractivity contribution in [2.45, 2.75) is 206 Å². The molecular weight excluding hydrogens is 639 g/mol. The third kappa shape index (κ3) is 39.2. The van der Waals surface area contributed by atoms with Crippen LogP contribution in [0.2, 0.25) is 0 Å². The van der Waals surface area contributed by atoms with Crippen molar-refractivity contribution in [2.75, 3.05) is 13.2 Å². The van der Waals surface area contributed by atoms with Gasteiger partial charge in [0, 0.05) is 12.8 Å². The third-order valence-electron chi connectivity index (χ3n) is 8.69. The largest absolute Gasteiger partial charge is 0.469 e. The fourth-order valence-corrected chi connectivity index (χ4v) is 6.02. The quantitative estimate of drug-likeness (QED) is 0.0282. The van der Waals surface area contributed by atoms with E-state index < -0.39 is 32.5 Å². The molecule has 0 rings (SSSR count). The molecule has 0 aromatic heterocycles. The van der Waals surface area contributed by atoms with E-state index in [2.05, 4.69) is 42.7 Å². The molecule has 0 aliphatic carbocycles. The Labute approximate surface area is 300 Å². The van der Waals surface area contributed by atoms with E-state index in [0.29, 0.717) is 12.8 Å². The smallest absolute Gasteiger partial charge is 0.462 e. The van der Waals surface area contributed by atoms with Crippen molar-refractivity contribution < 1.29 is 37.9 Å². The van der Waals surface area contributed by atoms with Crippen molar-refractivity contribution in [3.05, 3.63) is 24.3 Å². The molecule has 1 atom stereocenters. The molecule has 49 heavy (non-hydrogen) atoms. The van der Waals surface area contributed by atoms with Gasteiger partial charge in [0.15, 0.2) is 6.10 Å². The second-order valence-electron chi connectivity index (χ2n) is 13.6. The molecule has 0 aliphatic rings. The van der Waals surface area contributed by atoms with Gasteiger partial charge in [-0.25, -0.2) is 4.57 Å². The van der Waals surface area contributed by atoms with Crippen molar-refractivity contribution in [3.63, 3.8) is 0 Å². The number of hydrogen-bond acceptors (Lipinski definition) is 6. The molecule has 0 aromatic rings. The molecule has 0 amide bonds. The minimum absolute atomic E-state index is 0.210. The van der Waals surface area contributed by atoms with Crippen LogP contribution in [0.15, 0.2) is 24.3 Å². The minimum Gasteiger partial charge on any atom is -0.462 e. The van der Waals surface area contributed by atoms with Gasteiger partial charge >= 0.3 is 19.8 Å². The van der Waals surface area contributed by atoms with E-state index in [1.54, 1.807) is 0 Å². The first kappa shape index (κ1) is 47.5. The van der Waals surface area contributed by atoms with Crippen molar-refractivity contribution in [1.29, 1.82) is 0 Å². The second kappa shape index (κ2) is 36.3. The third-order valence-corrected chi connectivity index (χ3v) is 9.18. The second-order valence-corrected chi connectivity index (χ2v) is 14.8. The van der Waals surface area contributed by atoms with Gasteiger partial charge < -0.3 is 19.3 Å². The number of esters is 2. The van der Waals surface area contributed by atoms with E-state index in [0.717, 1.165) is 51.4 Å². The van der Waals surface area contributed by atoms with Gasteiger partial charge in [0.25, 0.3) is 0 Å². The summed E-state index contributed by atoms with van der Waals surface area (Å²) in [6.45, 7) is 3.66. The van der Waals surface area contributed by atoms with Crippen LogP contribution in [0, 0.1) is 0 Å². The van der Waals surface area contributed by atoms with Crippen LogP contribution < -0.4 is 0 Å². The summed E-state index contributed by atoms with van der Waals surface area (Å²) in [7, 11) is -4.75. The van der Waals surface area contributed by atoms with E-state index >= 15 is 0 Å². The van der Waals surface area contributed by atoms with E-state index in [-0.39, 0.29) is 19.4 Å². The monoisotopic (exact) mass is 715 g/mol. The average molecular weight is 715 g/mol. The SMILES string of the molecule is CCCCCC/C=C/CCCCCCCCCCCC(=O)O[C@H](COC(=O)CCCCCCC/C=C/CCCCCCC)COP(=O)(O)O. The van der Waals surface area contributed by atoms with Gasteiger partial charge in [-0.2, -0.15) is 0 Å². The zero-order valence-corrected chi connectivity index (χ0v) is 32.5. The molecule has 9 heteroatoms. The summed E-state index contributed by atoms with van der Waals surface area (Å²) < 4.78 is 26.3. The lowest BCUT2D eigenvalue weighted by atomic mass is 10.1. The van der Waals surface area contributed by atoms with Crippen LogP contribution in [0.1, 0.15) is 200 Å². The highest BCUT2D eigenvalue weighted by molar-refractivity contribution is 7.46. The maximum absolute atomic E-state index is 12.4. The number of allylic oxidation sites excluding steroid dienone is 4. The van der Waals surface area contributed by atoms with Crippen LogP contribution in [0.5, 0.6) is 0 Å². The molecule has 0 aliphatic heterocycles. The number of hydrogen-bond donors (Lipinski definition) is 2. The fraction of sp³-hybridized carbons (Fsp3) is 0.850. The molecule has 0 aromatic carbocycles. The molecule has 0 bridgehead atoms. The normalized spacial score (nSPS) is 12.7. The first-order valence-corrected chi connectivity index (χ1v) is 21.7. The summed E-state index contributed by atoms with van der Waals surface area (Å²) in [5, 5.41) is 0. The Morgan fingerprint density at radius 3 is 1.27 bits per heavy atom. The van der Waals surface area contributed by atoms with E-state index in [1.807, 2.05) is 0 Å². The van der Waals surface area contributed by atoms with E-state index in [9.17, 15) is 14.2 Å². The summed E-state index contributed by atoms with van der Waals surface area (Å²) in [4.78, 5) is 42.8. The number of unbranched alkanes of at least 4 members (excludes halogenated alkanes) is 23. The molecule has 0 spiro atoms. The van der Waals surface area contributed by atoms with Crippen LogP contribution >= 0.6 is 7.82 Å². The predicted molar refractivity (Wildman–Crippen MR) is 202 cm³/mol. The topological polar surface area (TPSA) is 119 Å². The lowest BCUT2D eigenvalue weighted by molar-refractivity contribution is -0.161. The molecule has 2 N–H and O–H groups in total. The van der Waals surface area contributed by atoms with Gasteiger partial charge in [-0.15, -0.1) is 0 Å². The van der Waals surface area contributed by atoms with E-state index in [4.69, 9.17) is 19.3 Å². The lowest BCUT2D eigenvalue weighted by Gasteiger charge is -2.18. The van der Waals surface area contributed by atoms with Crippen molar-refractivity contribution in [2.24, 2.45) is 0 Å². The molecule has 288 valence electrons. The first-order chi connectivity index (χ1) is 23.8. The Morgan fingerprint density at radius 1 is 0.510 bits per heavy atom. The zero-order valence-electron chi connectivity index (χ0n) is 31.6. The lowest BCUT2D eigenvalue weighted by Crippen LogP contribution is -2.29. The number of rotatable bonds is 37. The molecule has 8 nitrogen and oxygen atoms in total. The van der Waals surface area contributed by atoms with Crippen LogP contribution in [-0.2, 0) is 28.2 Å². The van der Waals surface area contributed by atoms with Crippen molar-refractivity contribution in [1.82, 2.24) is 0 Å². The van der Waals surface area contributed by atoms with Gasteiger partial charge in [0.05, 0.1) is 6.61 Å². The summed E-state index contributed by atoms with van der Waals surface area (Å²) in [5.41, 5.74) is 0. The summed E-state index contributed by atoms with van der Waals surface area (Å²) in [5.74, 6) is -0.892. The predicted octanol–water partition coefficient (Wildman–Crippen LogP) is 12.0. The summed E-state index contributed by atoms with van der Waals surface area (Å²) in [6, 6.07) is 0. The molecule has 0 saturated carbocycles. The Kier molecular flexibility index (Phi) is 35.2. The van der Waals surface area contributed by atoms with Gasteiger partial charge in [-0.1, -0.05) is 147 Å². The minimum atomic E-state index is -4.75. The zero-order chi connectivity index (χ0) is 36.1. The van der Waals surface area contributed by atoms with Crippen LogP contribution in [0.25, 0.3) is 0 Å². The highest BCUT2D eigenvalue weighted by Gasteiger charge is 2.22. The molecule has 0 heterocycles.